The lowest BCUT2D eigenvalue weighted by Crippen LogP contribution is -2.03. The molecule has 0 fully saturated rings. The molecule has 88 valence electrons. The van der Waals surface area contributed by atoms with Crippen LogP contribution in [0.5, 0.6) is 17.2 Å². The van der Waals surface area contributed by atoms with Crippen molar-refractivity contribution in [1.82, 2.24) is 0 Å². The molecule has 0 saturated carbocycles. The van der Waals surface area contributed by atoms with Crippen molar-refractivity contribution >= 4 is 17.3 Å². The number of hydrogen-bond donors (Lipinski definition) is 4. The van der Waals surface area contributed by atoms with Crippen LogP contribution in [0.2, 0.25) is 0 Å². The van der Waals surface area contributed by atoms with Crippen molar-refractivity contribution < 1.29 is 33.1 Å². The van der Waals surface area contributed by atoms with Gasteiger partial charge in [0, 0.05) is 5.56 Å². The van der Waals surface area contributed by atoms with E-state index in [9.17, 15) is 19.2 Å². The predicted molar refractivity (Wildman–Crippen MR) is 52.5 cm³/mol. The van der Waals surface area contributed by atoms with Crippen molar-refractivity contribution in [3.8, 4) is 17.2 Å². The molecule has 4 N–H and O–H groups in total. The highest BCUT2D eigenvalue weighted by molar-refractivity contribution is 7.74. The fraction of sp³-hybridized carbons (Fsp3) is 0.125. The van der Waals surface area contributed by atoms with E-state index < -0.39 is 41.0 Å². The Morgan fingerprint density at radius 3 is 2.50 bits per heavy atom. The Labute approximate surface area is 92.4 Å². The number of carbonyl (C=O) groups is 1. The molecule has 1 atom stereocenters. The summed E-state index contributed by atoms with van der Waals surface area (Å²) in [5.74, 6) is -3.06. The number of rotatable bonds is 4. The van der Waals surface area contributed by atoms with Crippen LogP contribution in [0.25, 0.3) is 0 Å². The Hall–Kier alpha value is -1.80. The van der Waals surface area contributed by atoms with Crippen LogP contribution in [0.3, 0.4) is 0 Å². The van der Waals surface area contributed by atoms with Gasteiger partial charge in [-0.3, -0.25) is 9.35 Å². The predicted octanol–water partition coefficient (Wildman–Crippen LogP) is 0.240. The Bertz CT molecular complexity index is 442. The summed E-state index contributed by atoms with van der Waals surface area (Å²) in [6.45, 7) is 0. The minimum atomic E-state index is -2.73. The van der Waals surface area contributed by atoms with Crippen molar-refractivity contribution in [1.29, 1.82) is 0 Å². The van der Waals surface area contributed by atoms with E-state index >= 15 is 0 Å². The summed E-state index contributed by atoms with van der Waals surface area (Å²) < 4.78 is 23.0. The molecule has 0 spiro atoms. The molecule has 8 heteroatoms. The highest BCUT2D eigenvalue weighted by atomic mass is 32.2. The fourth-order valence-electron chi connectivity index (χ4n) is 1.06. The summed E-state index contributed by atoms with van der Waals surface area (Å²) in [7, 11) is 0. The van der Waals surface area contributed by atoms with Gasteiger partial charge in [0.15, 0.2) is 11.5 Å². The quantitative estimate of drug-likeness (QED) is 0.562. The van der Waals surface area contributed by atoms with Gasteiger partial charge in [-0.15, -0.1) is 0 Å². The van der Waals surface area contributed by atoms with E-state index in [1.165, 1.54) is 6.07 Å². The Kier molecular flexibility index (Phi) is 3.69. The molecule has 0 heterocycles. The van der Waals surface area contributed by atoms with Crippen LogP contribution in [0, 0.1) is 0 Å². The Morgan fingerprint density at radius 2 is 2.00 bits per heavy atom. The van der Waals surface area contributed by atoms with Crippen LogP contribution in [0.4, 0.5) is 0 Å². The maximum atomic E-state index is 10.4. The molecule has 0 saturated heterocycles. The molecule has 0 aliphatic rings. The molecular weight excluding hydrogens is 240 g/mol. The highest BCUT2D eigenvalue weighted by Crippen LogP contribution is 2.38. The average Bonchev–Trinajstić information content (AvgIpc) is 2.16. The maximum absolute atomic E-state index is 10.4. The van der Waals surface area contributed by atoms with E-state index in [1.807, 2.05) is 0 Å². The second-order valence-electron chi connectivity index (χ2n) is 2.79. The first-order valence-electron chi connectivity index (χ1n) is 3.96. The highest BCUT2D eigenvalue weighted by Gasteiger charge is 2.17. The fourth-order valence-corrected chi connectivity index (χ4v) is 1.37. The number of carboxylic acids is 1. The zero-order valence-electron chi connectivity index (χ0n) is 7.78. The number of aliphatic carboxylic acids is 1. The van der Waals surface area contributed by atoms with Crippen molar-refractivity contribution in [3.63, 3.8) is 0 Å². The van der Waals surface area contributed by atoms with Gasteiger partial charge in [0.2, 0.25) is 5.75 Å². The van der Waals surface area contributed by atoms with Gasteiger partial charge in [0.1, 0.15) is 0 Å². The molecule has 0 aliphatic heterocycles. The lowest BCUT2D eigenvalue weighted by atomic mass is 10.1. The molecule has 0 bridgehead atoms. The van der Waals surface area contributed by atoms with E-state index in [-0.39, 0.29) is 5.56 Å². The summed E-state index contributed by atoms with van der Waals surface area (Å²) in [6, 6.07) is 2.23. The normalized spacial score (nSPS) is 12.1. The molecule has 0 amide bonds. The standard InChI is InChI=1S/C8H8O7S/c9-5-2-1-4(3-6(10)11)7(12)8(5)15-16(13)14/h1-2,9,12H,3H2,(H,10,11)(H,13,14). The summed E-state index contributed by atoms with van der Waals surface area (Å²) >= 11 is -2.73. The molecule has 0 aliphatic carbocycles. The van der Waals surface area contributed by atoms with E-state index in [0.717, 1.165) is 6.07 Å². The molecular formula is C8H8O7S. The van der Waals surface area contributed by atoms with Gasteiger partial charge in [-0.25, -0.2) is 0 Å². The number of phenolic OH excluding ortho intramolecular Hbond substituents is 2. The average molecular weight is 248 g/mol. The van der Waals surface area contributed by atoms with Crippen LogP contribution < -0.4 is 4.18 Å². The second kappa shape index (κ2) is 4.81. The van der Waals surface area contributed by atoms with E-state index in [2.05, 4.69) is 4.18 Å². The first-order valence-corrected chi connectivity index (χ1v) is 4.99. The van der Waals surface area contributed by atoms with Gasteiger partial charge in [0.25, 0.3) is 0 Å². The monoisotopic (exact) mass is 248 g/mol. The molecule has 0 radical (unpaired) electrons. The van der Waals surface area contributed by atoms with Gasteiger partial charge in [-0.1, -0.05) is 6.07 Å². The first-order chi connectivity index (χ1) is 7.41. The first kappa shape index (κ1) is 12.3. The minimum Gasteiger partial charge on any atom is -0.504 e. The minimum absolute atomic E-state index is 0.0363. The molecule has 1 aromatic rings. The van der Waals surface area contributed by atoms with Crippen LogP contribution in [-0.4, -0.2) is 30.1 Å². The second-order valence-corrected chi connectivity index (χ2v) is 3.39. The third kappa shape index (κ3) is 2.84. The molecule has 16 heavy (non-hydrogen) atoms. The van der Waals surface area contributed by atoms with Gasteiger partial charge in [0.05, 0.1) is 6.42 Å². The van der Waals surface area contributed by atoms with E-state index in [0.29, 0.717) is 0 Å². The lowest BCUT2D eigenvalue weighted by molar-refractivity contribution is -0.136. The SMILES string of the molecule is O=C(O)Cc1ccc(O)c(OS(=O)O)c1O. The van der Waals surface area contributed by atoms with Crippen molar-refractivity contribution in [2.45, 2.75) is 6.42 Å². The third-order valence-corrected chi connectivity index (χ3v) is 2.00. The lowest BCUT2D eigenvalue weighted by Gasteiger charge is -2.08. The summed E-state index contributed by atoms with van der Waals surface area (Å²) in [6.07, 6.45) is -0.499. The summed E-state index contributed by atoms with van der Waals surface area (Å²) in [4.78, 5) is 10.4. The topological polar surface area (TPSA) is 124 Å². The molecule has 0 aromatic heterocycles. The molecule has 1 rings (SSSR count). The summed E-state index contributed by atoms with van der Waals surface area (Å²) in [5, 5.41) is 27.2. The Morgan fingerprint density at radius 1 is 1.38 bits per heavy atom. The van der Waals surface area contributed by atoms with Gasteiger partial charge in [-0.05, 0) is 6.07 Å². The molecule has 1 unspecified atom stereocenters. The smallest absolute Gasteiger partial charge is 0.357 e. The van der Waals surface area contributed by atoms with Crippen LogP contribution in [0.15, 0.2) is 12.1 Å². The van der Waals surface area contributed by atoms with E-state index in [1.54, 1.807) is 0 Å². The third-order valence-electron chi connectivity index (χ3n) is 1.69. The van der Waals surface area contributed by atoms with Gasteiger partial charge in [-0.2, -0.15) is 4.21 Å². The van der Waals surface area contributed by atoms with Crippen LogP contribution in [-0.2, 0) is 22.6 Å². The number of hydrogen-bond acceptors (Lipinski definition) is 5. The van der Waals surface area contributed by atoms with Gasteiger partial charge < -0.3 is 19.5 Å². The number of phenols is 2. The molecule has 1 aromatic carbocycles. The zero-order valence-corrected chi connectivity index (χ0v) is 8.60. The number of benzene rings is 1. The Balaban J connectivity index is 3.15. The van der Waals surface area contributed by atoms with Crippen molar-refractivity contribution in [3.05, 3.63) is 17.7 Å². The van der Waals surface area contributed by atoms with Crippen LogP contribution >= 0.6 is 0 Å². The van der Waals surface area contributed by atoms with E-state index in [4.69, 9.17) is 9.66 Å². The zero-order chi connectivity index (χ0) is 12.3. The van der Waals surface area contributed by atoms with Gasteiger partial charge >= 0.3 is 17.3 Å². The van der Waals surface area contributed by atoms with Crippen molar-refractivity contribution in [2.75, 3.05) is 0 Å². The largest absolute Gasteiger partial charge is 0.504 e. The van der Waals surface area contributed by atoms with Crippen LogP contribution in [0.1, 0.15) is 5.56 Å². The van der Waals surface area contributed by atoms with Crippen molar-refractivity contribution in [2.24, 2.45) is 0 Å². The number of aromatic hydroxyl groups is 2. The number of carboxylic acid groups (broad SMARTS) is 1. The molecule has 7 nitrogen and oxygen atoms in total. The summed E-state index contributed by atoms with van der Waals surface area (Å²) in [5.41, 5.74) is -0.0363. The maximum Gasteiger partial charge on any atom is 0.357 e.